The smallest absolute Gasteiger partial charge is 0.313 e. The van der Waals surface area contributed by atoms with Crippen molar-refractivity contribution < 1.29 is 18.7 Å². The number of fused-ring (bicyclic) bond motifs is 2. The average Bonchev–Trinajstić information content (AvgIpc) is 3.54. The summed E-state index contributed by atoms with van der Waals surface area (Å²) in [5.41, 5.74) is 9.22. The van der Waals surface area contributed by atoms with E-state index in [0.29, 0.717) is 22.6 Å². The van der Waals surface area contributed by atoms with Crippen LogP contribution in [0, 0.1) is 5.82 Å². The summed E-state index contributed by atoms with van der Waals surface area (Å²) in [5.74, 6) is -1.99. The van der Waals surface area contributed by atoms with Gasteiger partial charge in [-0.2, -0.15) is 5.10 Å². The number of nitrogens with zero attached hydrogens (tertiary/aromatic N) is 5. The number of pyridine rings is 3. The van der Waals surface area contributed by atoms with E-state index in [4.69, 9.17) is 10.5 Å². The van der Waals surface area contributed by atoms with Gasteiger partial charge in [0.2, 0.25) is 0 Å². The van der Waals surface area contributed by atoms with E-state index >= 15 is 0 Å². The third-order valence-electron chi connectivity index (χ3n) is 5.99. The molecular weight excluding hydrogens is 453 g/mol. The summed E-state index contributed by atoms with van der Waals surface area (Å²) in [6, 6.07) is 7.36. The zero-order chi connectivity index (χ0) is 24.5. The number of hydrogen-bond acceptors (Lipinski definition) is 7. The maximum absolute atomic E-state index is 14.6. The van der Waals surface area contributed by atoms with Gasteiger partial charge in [0.05, 0.1) is 42.4 Å². The summed E-state index contributed by atoms with van der Waals surface area (Å²) >= 11 is 0. The molecule has 0 aromatic carbocycles. The summed E-state index contributed by atoms with van der Waals surface area (Å²) in [6.07, 6.45) is 6.25. The highest BCUT2D eigenvalue weighted by Gasteiger charge is 2.31. The molecule has 0 bridgehead atoms. The Balaban J connectivity index is 1.45. The second-order valence-corrected chi connectivity index (χ2v) is 8.18. The van der Waals surface area contributed by atoms with E-state index in [9.17, 15) is 14.0 Å². The van der Waals surface area contributed by atoms with Gasteiger partial charge in [-0.15, -0.1) is 0 Å². The van der Waals surface area contributed by atoms with Gasteiger partial charge in [0.15, 0.2) is 0 Å². The van der Waals surface area contributed by atoms with Gasteiger partial charge >= 0.3 is 11.8 Å². The second kappa shape index (κ2) is 9.11. The normalized spacial score (nSPS) is 13.4. The quantitative estimate of drug-likeness (QED) is 0.425. The summed E-state index contributed by atoms with van der Waals surface area (Å²) < 4.78 is 21.7. The van der Waals surface area contributed by atoms with E-state index in [2.05, 4.69) is 20.4 Å². The predicted octanol–water partition coefficient (Wildman–Crippen LogP) is 2.60. The van der Waals surface area contributed by atoms with Gasteiger partial charge in [0, 0.05) is 36.3 Å². The number of ether oxygens (including phenoxy) is 1. The first-order valence-electron chi connectivity index (χ1n) is 10.9. The largest absolute Gasteiger partial charge is 0.383 e. The first kappa shape index (κ1) is 22.4. The van der Waals surface area contributed by atoms with E-state index in [1.54, 1.807) is 29.9 Å². The molecule has 35 heavy (non-hydrogen) atoms. The molecule has 1 atom stereocenters. The summed E-state index contributed by atoms with van der Waals surface area (Å²) in [7, 11) is 0. The van der Waals surface area contributed by atoms with Crippen LogP contribution in [-0.2, 0) is 34.1 Å². The van der Waals surface area contributed by atoms with Crippen molar-refractivity contribution in [3.05, 3.63) is 83.3 Å². The number of nitrogens with one attached hydrogen (secondary N) is 1. The number of nitrogens with two attached hydrogens (primary N) is 1. The molecule has 1 aliphatic rings. The molecule has 178 valence electrons. The molecule has 0 fully saturated rings. The molecule has 1 aliphatic heterocycles. The number of rotatable bonds is 5. The number of nitrogen functional groups attached to an aromatic ring is 1. The molecular formula is C24H22FN7O3. The Kier molecular flexibility index (Phi) is 5.83. The fraction of sp³-hybridized carbons (Fsp3) is 0.208. The molecule has 10 nitrogen and oxygen atoms in total. The van der Waals surface area contributed by atoms with Crippen molar-refractivity contribution in [1.82, 2.24) is 24.5 Å². The Bertz CT molecular complexity index is 1440. The standard InChI is InChI=1S/C24H22FN7O3/c1-14(21-19(25)3-2-6-27-21)31(11-15-5-8-32-16(9-15)4-7-29-32)24(34)23(33)30-20-10-28-22(26)18-13-35-12-17(18)20/h2-10,14H,11-13H2,1H3,(H2,26,28)(H,30,33). The SMILES string of the molecule is CC(c1ncccc1F)N(Cc1ccn2nccc2c1)C(=O)C(=O)Nc1cnc(N)c2c1COC2. The number of anilines is 2. The molecule has 3 N–H and O–H groups in total. The lowest BCUT2D eigenvalue weighted by Crippen LogP contribution is -2.41. The van der Waals surface area contributed by atoms with Crippen molar-refractivity contribution in [2.24, 2.45) is 0 Å². The Hall–Kier alpha value is -4.38. The fourth-order valence-corrected chi connectivity index (χ4v) is 4.10. The minimum absolute atomic E-state index is 0.0479. The van der Waals surface area contributed by atoms with Crippen molar-refractivity contribution in [2.45, 2.75) is 32.7 Å². The number of aromatic nitrogens is 4. The molecule has 0 spiro atoms. The molecule has 2 amide bonds. The molecule has 0 radical (unpaired) electrons. The van der Waals surface area contributed by atoms with Crippen LogP contribution in [0.25, 0.3) is 5.52 Å². The van der Waals surface area contributed by atoms with Crippen molar-refractivity contribution >= 4 is 28.8 Å². The number of hydrogen-bond donors (Lipinski definition) is 2. The van der Waals surface area contributed by atoms with E-state index in [1.807, 2.05) is 12.1 Å². The highest BCUT2D eigenvalue weighted by molar-refractivity contribution is 6.39. The highest BCUT2D eigenvalue weighted by atomic mass is 19.1. The number of halogens is 1. The van der Waals surface area contributed by atoms with Gasteiger partial charge in [-0.25, -0.2) is 13.9 Å². The molecule has 5 rings (SSSR count). The van der Waals surface area contributed by atoms with Crippen molar-refractivity contribution in [2.75, 3.05) is 11.1 Å². The number of carbonyl (C=O) groups excluding carboxylic acids is 2. The van der Waals surface area contributed by atoms with Gasteiger partial charge < -0.3 is 20.7 Å². The molecule has 0 saturated heterocycles. The molecule has 5 heterocycles. The Labute approximate surface area is 199 Å². The minimum atomic E-state index is -0.890. The third kappa shape index (κ3) is 4.28. The maximum Gasteiger partial charge on any atom is 0.313 e. The molecule has 1 unspecified atom stereocenters. The van der Waals surface area contributed by atoms with Crippen molar-refractivity contribution in [3.8, 4) is 0 Å². The van der Waals surface area contributed by atoms with Crippen LogP contribution in [0.1, 0.15) is 35.3 Å². The Morgan fingerprint density at radius 2 is 2.06 bits per heavy atom. The summed E-state index contributed by atoms with van der Waals surface area (Å²) in [5, 5.41) is 6.79. The molecule has 4 aromatic heterocycles. The van der Waals surface area contributed by atoms with E-state index in [1.165, 1.54) is 29.4 Å². The lowest BCUT2D eigenvalue weighted by Gasteiger charge is -2.29. The van der Waals surface area contributed by atoms with E-state index in [0.717, 1.165) is 11.1 Å². The van der Waals surface area contributed by atoms with Crippen LogP contribution in [0.2, 0.25) is 0 Å². The second-order valence-electron chi connectivity index (χ2n) is 8.18. The van der Waals surface area contributed by atoms with Crippen LogP contribution in [0.4, 0.5) is 15.9 Å². The third-order valence-corrected chi connectivity index (χ3v) is 5.99. The van der Waals surface area contributed by atoms with Gasteiger partial charge in [-0.1, -0.05) is 0 Å². The monoisotopic (exact) mass is 475 g/mol. The van der Waals surface area contributed by atoms with Crippen LogP contribution >= 0.6 is 0 Å². The predicted molar refractivity (Wildman–Crippen MR) is 124 cm³/mol. The van der Waals surface area contributed by atoms with Gasteiger partial charge in [0.1, 0.15) is 11.6 Å². The van der Waals surface area contributed by atoms with Crippen molar-refractivity contribution in [3.63, 3.8) is 0 Å². The minimum Gasteiger partial charge on any atom is -0.383 e. The Morgan fingerprint density at radius 3 is 2.89 bits per heavy atom. The molecule has 0 saturated carbocycles. The van der Waals surface area contributed by atoms with Gasteiger partial charge in [0.25, 0.3) is 0 Å². The summed E-state index contributed by atoms with van der Waals surface area (Å²) in [4.78, 5) is 36.0. The lowest BCUT2D eigenvalue weighted by molar-refractivity contribution is -0.145. The summed E-state index contributed by atoms with van der Waals surface area (Å²) in [6.45, 7) is 2.21. The fourth-order valence-electron chi connectivity index (χ4n) is 4.10. The first-order valence-corrected chi connectivity index (χ1v) is 10.9. The van der Waals surface area contributed by atoms with Crippen LogP contribution in [0.5, 0.6) is 0 Å². The van der Waals surface area contributed by atoms with E-state index < -0.39 is 23.7 Å². The van der Waals surface area contributed by atoms with Crippen molar-refractivity contribution in [1.29, 1.82) is 0 Å². The number of carbonyl (C=O) groups is 2. The van der Waals surface area contributed by atoms with Gasteiger partial charge in [-0.05, 0) is 42.8 Å². The topological polar surface area (TPSA) is 128 Å². The zero-order valence-corrected chi connectivity index (χ0v) is 18.8. The van der Waals surface area contributed by atoms with E-state index in [-0.39, 0.29) is 25.5 Å². The van der Waals surface area contributed by atoms with Crippen LogP contribution in [0.15, 0.2) is 55.1 Å². The van der Waals surface area contributed by atoms with Crippen LogP contribution in [-0.4, -0.2) is 36.3 Å². The number of amides is 2. The Morgan fingerprint density at radius 1 is 1.23 bits per heavy atom. The highest BCUT2D eigenvalue weighted by Crippen LogP contribution is 2.30. The van der Waals surface area contributed by atoms with Crippen LogP contribution in [0.3, 0.4) is 0 Å². The molecule has 0 aliphatic carbocycles. The maximum atomic E-state index is 14.6. The van der Waals surface area contributed by atoms with Crippen LogP contribution < -0.4 is 11.1 Å². The average molecular weight is 475 g/mol. The van der Waals surface area contributed by atoms with Gasteiger partial charge in [-0.3, -0.25) is 14.6 Å². The molecule has 4 aromatic rings. The lowest BCUT2D eigenvalue weighted by atomic mass is 10.1. The first-order chi connectivity index (χ1) is 16.9. The zero-order valence-electron chi connectivity index (χ0n) is 18.8. The molecule has 11 heteroatoms.